The summed E-state index contributed by atoms with van der Waals surface area (Å²) >= 11 is 0.956. The zero-order valence-electron chi connectivity index (χ0n) is 14.9. The Bertz CT molecular complexity index is 1100. The van der Waals surface area contributed by atoms with Gasteiger partial charge in [0.1, 0.15) is 11.3 Å². The van der Waals surface area contributed by atoms with Crippen LogP contribution < -0.4 is 10.9 Å². The van der Waals surface area contributed by atoms with Crippen molar-refractivity contribution < 1.29 is 27.1 Å². The van der Waals surface area contributed by atoms with Crippen LogP contribution in [0.1, 0.15) is 18.2 Å². The normalized spacial score (nSPS) is 11.4. The Morgan fingerprint density at radius 1 is 1.28 bits per heavy atom. The molecule has 11 heteroatoms. The van der Waals surface area contributed by atoms with Gasteiger partial charge in [-0.1, -0.05) is 11.8 Å². The van der Waals surface area contributed by atoms with Gasteiger partial charge >= 0.3 is 17.9 Å². The number of carbonyl (C=O) groups is 1. The summed E-state index contributed by atoms with van der Waals surface area (Å²) in [5.74, 6) is 0.147. The third-order valence-electron chi connectivity index (χ3n) is 3.63. The summed E-state index contributed by atoms with van der Waals surface area (Å²) in [7, 11) is 0. The topological polar surface area (TPSA) is 94.3 Å². The molecule has 1 aromatic carbocycles. The highest BCUT2D eigenvalue weighted by Crippen LogP contribution is 2.30. The third kappa shape index (κ3) is 5.25. The second kappa shape index (κ2) is 8.52. The number of fused-ring (bicyclic) bond motifs is 1. The van der Waals surface area contributed by atoms with Gasteiger partial charge in [-0.3, -0.25) is 5.32 Å². The Kier molecular flexibility index (Phi) is 6.06. The summed E-state index contributed by atoms with van der Waals surface area (Å²) in [4.78, 5) is 30.7. The van der Waals surface area contributed by atoms with Crippen molar-refractivity contribution in [3.63, 3.8) is 0 Å². The molecule has 0 saturated heterocycles. The lowest BCUT2D eigenvalue weighted by atomic mass is 10.1. The van der Waals surface area contributed by atoms with Crippen LogP contribution in [0.2, 0.25) is 0 Å². The second-order valence-electron chi connectivity index (χ2n) is 5.66. The maximum absolute atomic E-state index is 12.8. The smallest absolute Gasteiger partial charge is 0.433 e. The van der Waals surface area contributed by atoms with E-state index in [1.165, 1.54) is 12.1 Å². The lowest BCUT2D eigenvalue weighted by molar-refractivity contribution is -0.141. The van der Waals surface area contributed by atoms with Gasteiger partial charge in [0.15, 0.2) is 5.16 Å². The predicted molar refractivity (Wildman–Crippen MR) is 99.7 cm³/mol. The van der Waals surface area contributed by atoms with Gasteiger partial charge in [-0.15, -0.1) is 0 Å². The number of ether oxygens (including phenoxy) is 1. The largest absolute Gasteiger partial charge is 0.450 e. The van der Waals surface area contributed by atoms with Gasteiger partial charge in [0.2, 0.25) is 0 Å². The minimum absolute atomic E-state index is 0.0678. The van der Waals surface area contributed by atoms with Crippen molar-refractivity contribution in [1.29, 1.82) is 0 Å². The molecule has 0 fully saturated rings. The number of nitrogens with zero attached hydrogens (tertiary/aromatic N) is 2. The van der Waals surface area contributed by atoms with E-state index in [0.717, 1.165) is 24.0 Å². The molecule has 29 heavy (non-hydrogen) atoms. The van der Waals surface area contributed by atoms with E-state index in [9.17, 15) is 22.8 Å². The first-order valence-corrected chi connectivity index (χ1v) is 9.28. The summed E-state index contributed by atoms with van der Waals surface area (Å²) < 4.78 is 48.3. The van der Waals surface area contributed by atoms with Crippen molar-refractivity contribution >= 4 is 34.5 Å². The van der Waals surface area contributed by atoms with Gasteiger partial charge < -0.3 is 9.15 Å². The van der Waals surface area contributed by atoms with Crippen molar-refractivity contribution in [2.75, 3.05) is 11.9 Å². The predicted octanol–water partition coefficient (Wildman–Crippen LogP) is 4.46. The monoisotopic (exact) mass is 425 g/mol. The number of carbonyl (C=O) groups excluding carboxylic acids is 1. The molecule has 3 aromatic rings. The van der Waals surface area contributed by atoms with Crippen LogP contribution in [0.15, 0.2) is 50.9 Å². The summed E-state index contributed by atoms with van der Waals surface area (Å²) in [5, 5.41) is 3.00. The fourth-order valence-electron chi connectivity index (χ4n) is 2.42. The molecule has 0 radical (unpaired) electrons. The highest BCUT2D eigenvalue weighted by atomic mass is 32.2. The van der Waals surface area contributed by atoms with E-state index < -0.39 is 23.6 Å². The average Bonchev–Trinajstić information content (AvgIpc) is 2.65. The molecule has 1 N–H and O–H groups in total. The highest BCUT2D eigenvalue weighted by Gasteiger charge is 2.32. The van der Waals surface area contributed by atoms with Crippen LogP contribution in [-0.2, 0) is 16.7 Å². The third-order valence-corrected chi connectivity index (χ3v) is 4.54. The molecule has 0 aliphatic rings. The van der Waals surface area contributed by atoms with Crippen molar-refractivity contribution in [1.82, 2.24) is 9.97 Å². The SMILES string of the molecule is CCOC(=O)Nc1ccc2c(CSc3nccc(C(F)(F)F)n3)cc(=O)oc2c1. The quantitative estimate of drug-likeness (QED) is 0.366. The average molecular weight is 425 g/mol. The molecule has 3 rings (SSSR count). The molecular formula is C18H14F3N3O4S. The number of hydrogen-bond donors (Lipinski definition) is 1. The molecule has 0 unspecified atom stereocenters. The Hall–Kier alpha value is -3.08. The Morgan fingerprint density at radius 2 is 2.07 bits per heavy atom. The number of thioether (sulfide) groups is 1. The molecule has 0 saturated carbocycles. The second-order valence-corrected chi connectivity index (χ2v) is 6.60. The molecule has 0 atom stereocenters. The lowest BCUT2D eigenvalue weighted by Crippen LogP contribution is -2.13. The van der Waals surface area contributed by atoms with Gasteiger partial charge in [-0.2, -0.15) is 13.2 Å². The number of hydrogen-bond acceptors (Lipinski definition) is 7. The first-order valence-electron chi connectivity index (χ1n) is 8.30. The number of halogens is 3. The fraction of sp³-hybridized carbons (Fsp3) is 0.222. The van der Waals surface area contributed by atoms with Crippen LogP contribution in [0.5, 0.6) is 0 Å². The van der Waals surface area contributed by atoms with Crippen LogP contribution in [0.3, 0.4) is 0 Å². The Morgan fingerprint density at radius 3 is 2.79 bits per heavy atom. The van der Waals surface area contributed by atoms with E-state index in [1.54, 1.807) is 19.1 Å². The number of anilines is 1. The molecular weight excluding hydrogens is 411 g/mol. The molecule has 0 aliphatic carbocycles. The van der Waals surface area contributed by atoms with E-state index in [0.29, 0.717) is 16.6 Å². The maximum atomic E-state index is 12.8. The molecule has 7 nitrogen and oxygen atoms in total. The van der Waals surface area contributed by atoms with E-state index >= 15 is 0 Å². The van der Waals surface area contributed by atoms with Crippen LogP contribution in [-0.4, -0.2) is 22.7 Å². The first kappa shape index (κ1) is 20.6. The van der Waals surface area contributed by atoms with Crippen LogP contribution in [0.4, 0.5) is 23.7 Å². The van der Waals surface area contributed by atoms with Crippen molar-refractivity contribution in [3.05, 3.63) is 58.2 Å². The number of rotatable bonds is 5. The molecule has 0 spiro atoms. The Labute approximate surface area is 166 Å². The van der Waals surface area contributed by atoms with Crippen LogP contribution in [0, 0.1) is 0 Å². The number of amides is 1. The maximum Gasteiger partial charge on any atom is 0.433 e. The van der Waals surface area contributed by atoms with E-state index in [1.807, 2.05) is 0 Å². The zero-order chi connectivity index (χ0) is 21.0. The van der Waals surface area contributed by atoms with Crippen molar-refractivity contribution in [2.24, 2.45) is 0 Å². The minimum atomic E-state index is -4.57. The molecule has 2 heterocycles. The fourth-order valence-corrected chi connectivity index (χ4v) is 3.24. The number of benzene rings is 1. The van der Waals surface area contributed by atoms with Gasteiger partial charge in [0.25, 0.3) is 0 Å². The van der Waals surface area contributed by atoms with Crippen LogP contribution >= 0.6 is 11.8 Å². The summed E-state index contributed by atoms with van der Waals surface area (Å²) in [6, 6.07) is 6.72. The van der Waals surface area contributed by atoms with Crippen LogP contribution in [0.25, 0.3) is 11.0 Å². The first-order chi connectivity index (χ1) is 13.8. The lowest BCUT2D eigenvalue weighted by Gasteiger charge is -2.09. The zero-order valence-corrected chi connectivity index (χ0v) is 15.8. The summed E-state index contributed by atoms with van der Waals surface area (Å²) in [6.45, 7) is 1.87. The van der Waals surface area contributed by atoms with E-state index in [-0.39, 0.29) is 23.1 Å². The van der Waals surface area contributed by atoms with Crippen molar-refractivity contribution in [3.8, 4) is 0 Å². The highest BCUT2D eigenvalue weighted by molar-refractivity contribution is 7.98. The van der Waals surface area contributed by atoms with Gasteiger partial charge in [-0.05, 0) is 30.7 Å². The standard InChI is InChI=1S/C18H14F3N3O4S/c1-2-27-17(26)23-11-3-4-12-10(7-15(25)28-13(12)8-11)9-29-16-22-6-5-14(24-16)18(19,20)21/h3-8H,2,9H2,1H3,(H,23,26). The number of aromatic nitrogens is 2. The van der Waals surface area contributed by atoms with Crippen molar-refractivity contribution in [2.45, 2.75) is 24.0 Å². The van der Waals surface area contributed by atoms with E-state index in [4.69, 9.17) is 9.15 Å². The van der Waals surface area contributed by atoms with Gasteiger partial charge in [0.05, 0.1) is 6.61 Å². The summed E-state index contributed by atoms with van der Waals surface area (Å²) in [5.41, 5.74) is -0.559. The molecule has 1 amide bonds. The molecule has 2 aromatic heterocycles. The Balaban J connectivity index is 1.84. The minimum Gasteiger partial charge on any atom is -0.450 e. The van der Waals surface area contributed by atoms with Gasteiger partial charge in [-0.25, -0.2) is 19.6 Å². The number of nitrogens with one attached hydrogen (secondary N) is 1. The van der Waals surface area contributed by atoms with Gasteiger partial charge in [0, 0.05) is 35.2 Å². The summed E-state index contributed by atoms with van der Waals surface area (Å²) in [6.07, 6.45) is -4.19. The molecule has 0 aliphatic heterocycles. The number of alkyl halides is 3. The molecule has 152 valence electrons. The van der Waals surface area contributed by atoms with E-state index in [2.05, 4.69) is 15.3 Å². The molecule has 0 bridgehead atoms.